The second-order valence-corrected chi connectivity index (χ2v) is 9.66. The van der Waals surface area contributed by atoms with Gasteiger partial charge in [-0.2, -0.15) is 0 Å². The summed E-state index contributed by atoms with van der Waals surface area (Å²) in [5, 5.41) is 11.6. The summed E-state index contributed by atoms with van der Waals surface area (Å²) in [5.41, 5.74) is 1.41. The number of nitrogens with one attached hydrogen (secondary N) is 4. The van der Waals surface area contributed by atoms with Gasteiger partial charge in [-0.15, -0.1) is 0 Å². The quantitative estimate of drug-likeness (QED) is 0.263. The van der Waals surface area contributed by atoms with Crippen LogP contribution in [0.25, 0.3) is 0 Å². The van der Waals surface area contributed by atoms with Crippen LogP contribution >= 0.6 is 12.2 Å². The Morgan fingerprint density at radius 3 is 2.79 bits per heavy atom. The largest absolute Gasteiger partial charge is 0.492 e. The highest BCUT2D eigenvalue weighted by atomic mass is 32.1. The Morgan fingerprint density at radius 2 is 2.05 bits per heavy atom. The molecule has 0 aliphatic carbocycles. The molecule has 0 atom stereocenters. The molecule has 0 fully saturated rings. The molecule has 3 rings (SSSR count). The molecular formula is C26H32FN5O5S. The molecule has 10 nitrogen and oxygen atoms in total. The van der Waals surface area contributed by atoms with E-state index < -0.39 is 17.5 Å². The maximum atomic E-state index is 14.1. The monoisotopic (exact) mass is 545 g/mol. The molecule has 1 aliphatic heterocycles. The highest BCUT2D eigenvalue weighted by molar-refractivity contribution is 7.81. The Bertz CT molecular complexity index is 1210. The van der Waals surface area contributed by atoms with Crippen molar-refractivity contribution in [2.24, 2.45) is 0 Å². The van der Waals surface area contributed by atoms with Gasteiger partial charge in [-0.3, -0.25) is 9.78 Å². The maximum Gasteiger partial charge on any atom is 0.407 e. The predicted octanol–water partition coefficient (Wildman–Crippen LogP) is 3.44. The molecule has 1 aromatic carbocycles. The molecule has 0 radical (unpaired) electrons. The molecule has 0 spiro atoms. The van der Waals surface area contributed by atoms with Gasteiger partial charge in [0.2, 0.25) is 0 Å². The smallest absolute Gasteiger partial charge is 0.407 e. The lowest BCUT2D eigenvalue weighted by atomic mass is 10.1. The predicted molar refractivity (Wildman–Crippen MR) is 145 cm³/mol. The molecule has 1 aromatic heterocycles. The Kier molecular flexibility index (Phi) is 9.83. The fourth-order valence-corrected chi connectivity index (χ4v) is 3.91. The lowest BCUT2D eigenvalue weighted by molar-refractivity contribution is -0.117. The summed E-state index contributed by atoms with van der Waals surface area (Å²) in [5.74, 6) is -0.363. The summed E-state index contributed by atoms with van der Waals surface area (Å²) in [4.78, 5) is 28.8. The van der Waals surface area contributed by atoms with E-state index in [0.717, 1.165) is 5.56 Å². The van der Waals surface area contributed by atoms with Crippen molar-refractivity contribution in [2.75, 3.05) is 32.1 Å². The number of para-hydroxylation sites is 1. The number of carbonyl (C=O) groups is 2. The van der Waals surface area contributed by atoms with Gasteiger partial charge in [0.05, 0.1) is 31.1 Å². The van der Waals surface area contributed by atoms with Gasteiger partial charge in [-0.05, 0) is 39.0 Å². The summed E-state index contributed by atoms with van der Waals surface area (Å²) in [6.45, 7) is 6.58. The number of nitrogens with zero attached hydrogens (tertiary/aromatic N) is 1. The highest BCUT2D eigenvalue weighted by Crippen LogP contribution is 2.28. The third-order valence-corrected chi connectivity index (χ3v) is 5.53. The molecule has 204 valence electrons. The fourth-order valence-electron chi connectivity index (χ4n) is 3.58. The van der Waals surface area contributed by atoms with E-state index in [0.29, 0.717) is 36.6 Å². The number of halogens is 1. The number of thiocarbonyl (C=S) groups is 1. The van der Waals surface area contributed by atoms with E-state index in [1.807, 2.05) is 0 Å². The van der Waals surface area contributed by atoms with E-state index in [-0.39, 0.29) is 35.4 Å². The summed E-state index contributed by atoms with van der Waals surface area (Å²) in [7, 11) is 1.36. The van der Waals surface area contributed by atoms with Gasteiger partial charge >= 0.3 is 6.09 Å². The molecule has 2 heterocycles. The number of ether oxygens (including phenoxy) is 3. The first-order chi connectivity index (χ1) is 18.1. The standard InChI is InChI=1S/C26H32FN5O5S/c1-26(2,3)37-25(34)30-12-13-36-20-15-28-10-8-16(20)14-31-18-9-11-29-23(33)21(18)24(38)32-19-7-5-6-17(27)22(19)35-4/h5-8,10,15,31H,9,11-14H2,1-4H3,(H,29,33)(H,30,34)(H,32,38). The van der Waals surface area contributed by atoms with Gasteiger partial charge < -0.3 is 35.5 Å². The van der Waals surface area contributed by atoms with E-state index in [2.05, 4.69) is 26.3 Å². The Hall–Kier alpha value is -3.93. The summed E-state index contributed by atoms with van der Waals surface area (Å²) < 4.78 is 30.3. The number of aromatic nitrogens is 1. The van der Waals surface area contributed by atoms with E-state index in [4.69, 9.17) is 26.4 Å². The summed E-state index contributed by atoms with van der Waals surface area (Å²) in [6, 6.07) is 6.20. The molecular weight excluding hydrogens is 513 g/mol. The minimum absolute atomic E-state index is 0.000844. The number of hydrogen-bond acceptors (Lipinski definition) is 8. The number of alkyl carbamates (subject to hydrolysis) is 1. The Balaban J connectivity index is 1.67. The first kappa shape index (κ1) is 28.6. The van der Waals surface area contributed by atoms with Crippen LogP contribution in [-0.2, 0) is 16.1 Å². The van der Waals surface area contributed by atoms with Crippen LogP contribution in [-0.4, -0.2) is 54.4 Å². The molecule has 0 bridgehead atoms. The zero-order valence-electron chi connectivity index (χ0n) is 21.8. The molecule has 12 heteroatoms. The van der Waals surface area contributed by atoms with Crippen LogP contribution < -0.4 is 30.7 Å². The number of carbonyl (C=O) groups excluding carboxylic acids is 2. The molecule has 2 aromatic rings. The van der Waals surface area contributed by atoms with Crippen LogP contribution in [0.2, 0.25) is 0 Å². The Morgan fingerprint density at radius 1 is 1.26 bits per heavy atom. The minimum Gasteiger partial charge on any atom is -0.492 e. The van der Waals surface area contributed by atoms with E-state index in [1.54, 1.807) is 45.3 Å². The van der Waals surface area contributed by atoms with Crippen LogP contribution in [0, 0.1) is 5.82 Å². The average Bonchev–Trinajstić information content (AvgIpc) is 2.85. The lowest BCUT2D eigenvalue weighted by Crippen LogP contribution is -2.39. The van der Waals surface area contributed by atoms with Crippen molar-refractivity contribution in [2.45, 2.75) is 39.3 Å². The fraction of sp³-hybridized carbons (Fsp3) is 0.385. The SMILES string of the molecule is COc1c(F)cccc1NC(=S)C1=C(NCc2ccncc2OCCNC(=O)OC(C)(C)C)CCNC1=O. The van der Waals surface area contributed by atoms with Gasteiger partial charge in [0.1, 0.15) is 22.9 Å². The van der Waals surface area contributed by atoms with Crippen molar-refractivity contribution in [1.82, 2.24) is 20.9 Å². The number of benzene rings is 1. The lowest BCUT2D eigenvalue weighted by Gasteiger charge is -2.24. The van der Waals surface area contributed by atoms with Gasteiger partial charge in [0.25, 0.3) is 5.91 Å². The first-order valence-electron chi connectivity index (χ1n) is 12.0. The first-order valence-corrected chi connectivity index (χ1v) is 12.4. The van der Waals surface area contributed by atoms with Crippen molar-refractivity contribution >= 4 is 34.9 Å². The number of anilines is 1. The molecule has 0 saturated carbocycles. The van der Waals surface area contributed by atoms with E-state index in [1.165, 1.54) is 19.2 Å². The van der Waals surface area contributed by atoms with Crippen LogP contribution in [0.1, 0.15) is 32.8 Å². The third kappa shape index (κ3) is 8.04. The molecule has 2 amide bonds. The molecule has 38 heavy (non-hydrogen) atoms. The molecule has 4 N–H and O–H groups in total. The number of hydrogen-bond donors (Lipinski definition) is 4. The van der Waals surface area contributed by atoms with Crippen molar-refractivity contribution < 1.29 is 28.2 Å². The number of pyridine rings is 1. The second-order valence-electron chi connectivity index (χ2n) is 9.25. The third-order valence-electron chi connectivity index (χ3n) is 5.23. The zero-order valence-corrected chi connectivity index (χ0v) is 22.6. The number of rotatable bonds is 10. The highest BCUT2D eigenvalue weighted by Gasteiger charge is 2.25. The topological polar surface area (TPSA) is 123 Å². The van der Waals surface area contributed by atoms with Crippen LogP contribution in [0.3, 0.4) is 0 Å². The average molecular weight is 546 g/mol. The minimum atomic E-state index is -0.585. The van der Waals surface area contributed by atoms with Crippen molar-refractivity contribution in [3.8, 4) is 11.5 Å². The van der Waals surface area contributed by atoms with Crippen molar-refractivity contribution in [3.63, 3.8) is 0 Å². The van der Waals surface area contributed by atoms with Gasteiger partial charge in [-0.25, -0.2) is 9.18 Å². The Labute approximate surface area is 226 Å². The normalized spacial score (nSPS) is 13.3. The van der Waals surface area contributed by atoms with Gasteiger partial charge in [0, 0.05) is 37.0 Å². The second kappa shape index (κ2) is 13.0. The van der Waals surface area contributed by atoms with Crippen molar-refractivity contribution in [3.05, 3.63) is 59.3 Å². The van der Waals surface area contributed by atoms with Crippen LogP contribution in [0.15, 0.2) is 47.9 Å². The van der Waals surface area contributed by atoms with E-state index >= 15 is 0 Å². The summed E-state index contributed by atoms with van der Waals surface area (Å²) >= 11 is 5.51. The maximum absolute atomic E-state index is 14.1. The molecule has 1 aliphatic rings. The zero-order chi connectivity index (χ0) is 27.7. The molecule has 0 unspecified atom stereocenters. The van der Waals surface area contributed by atoms with E-state index in [9.17, 15) is 14.0 Å². The summed E-state index contributed by atoms with van der Waals surface area (Å²) in [6.07, 6.45) is 3.21. The number of amides is 2. The van der Waals surface area contributed by atoms with Crippen molar-refractivity contribution in [1.29, 1.82) is 0 Å². The van der Waals surface area contributed by atoms with Crippen LogP contribution in [0.4, 0.5) is 14.9 Å². The number of methoxy groups -OCH3 is 1. The van der Waals surface area contributed by atoms with Gasteiger partial charge in [-0.1, -0.05) is 18.3 Å². The molecule has 0 saturated heterocycles. The van der Waals surface area contributed by atoms with Gasteiger partial charge in [0.15, 0.2) is 11.6 Å². The van der Waals surface area contributed by atoms with Crippen LogP contribution in [0.5, 0.6) is 11.5 Å².